The Bertz CT molecular complexity index is 853. The Hall–Kier alpha value is -2.44. The maximum Gasteiger partial charge on any atom is 0.255 e. The third-order valence-corrected chi connectivity index (χ3v) is 5.46. The van der Waals surface area contributed by atoms with Crippen molar-refractivity contribution in [3.63, 3.8) is 0 Å². The van der Waals surface area contributed by atoms with E-state index in [0.717, 1.165) is 31.5 Å². The number of nitrogens with zero attached hydrogens (tertiary/aromatic N) is 1. The van der Waals surface area contributed by atoms with Gasteiger partial charge in [-0.05, 0) is 43.6 Å². The van der Waals surface area contributed by atoms with Gasteiger partial charge in [-0.3, -0.25) is 9.69 Å². The molecule has 1 atom stereocenters. The fraction of sp³-hybridized carbons (Fsp3) is 0.409. The molecule has 0 aliphatic carbocycles. The monoisotopic (exact) mass is 418 g/mol. The minimum absolute atomic E-state index is 0.0614. The average Bonchev–Trinajstić information content (AvgIpc) is 3.27. The molecule has 6 nitrogen and oxygen atoms in total. The highest BCUT2D eigenvalue weighted by atomic mass is 35.5. The van der Waals surface area contributed by atoms with E-state index in [-0.39, 0.29) is 11.9 Å². The second-order valence-corrected chi connectivity index (χ2v) is 7.37. The number of halogens is 1. The van der Waals surface area contributed by atoms with Gasteiger partial charge in [0, 0.05) is 23.7 Å². The molecule has 1 unspecified atom stereocenters. The number of benzene rings is 2. The van der Waals surface area contributed by atoms with Crippen molar-refractivity contribution in [1.82, 2.24) is 10.2 Å². The molecule has 1 fully saturated rings. The molecule has 1 amide bonds. The molecule has 0 aromatic heterocycles. The van der Waals surface area contributed by atoms with E-state index in [1.165, 1.54) is 14.2 Å². The van der Waals surface area contributed by atoms with E-state index in [2.05, 4.69) is 16.3 Å². The van der Waals surface area contributed by atoms with Gasteiger partial charge < -0.3 is 19.5 Å². The summed E-state index contributed by atoms with van der Waals surface area (Å²) in [5, 5.41) is 3.75. The summed E-state index contributed by atoms with van der Waals surface area (Å²) < 4.78 is 16.0. The van der Waals surface area contributed by atoms with Crippen LogP contribution in [0.5, 0.6) is 17.2 Å². The van der Waals surface area contributed by atoms with Gasteiger partial charge in [-0.25, -0.2) is 0 Å². The zero-order valence-electron chi connectivity index (χ0n) is 17.0. The van der Waals surface area contributed by atoms with Crippen molar-refractivity contribution in [3.8, 4) is 17.2 Å². The number of ether oxygens (including phenoxy) is 3. The van der Waals surface area contributed by atoms with Crippen LogP contribution >= 0.6 is 11.6 Å². The molecule has 2 aromatic carbocycles. The van der Waals surface area contributed by atoms with Gasteiger partial charge >= 0.3 is 0 Å². The SMILES string of the molecule is COc1cc(OC)c(C(=O)NCC(c2cccc(Cl)c2)N2CCCC2)cc1OC. The number of likely N-dealkylation sites (tertiary alicyclic amines) is 1. The van der Waals surface area contributed by atoms with Gasteiger partial charge in [0.25, 0.3) is 5.91 Å². The quantitative estimate of drug-likeness (QED) is 0.703. The molecule has 7 heteroatoms. The Morgan fingerprint density at radius 3 is 2.31 bits per heavy atom. The van der Waals surface area contributed by atoms with Crippen molar-refractivity contribution in [1.29, 1.82) is 0 Å². The largest absolute Gasteiger partial charge is 0.496 e. The minimum atomic E-state index is -0.228. The number of hydrogen-bond donors (Lipinski definition) is 1. The van der Waals surface area contributed by atoms with E-state index in [9.17, 15) is 4.79 Å². The second-order valence-electron chi connectivity index (χ2n) is 6.93. The van der Waals surface area contributed by atoms with Gasteiger partial charge in [0.05, 0.1) is 32.9 Å². The summed E-state index contributed by atoms with van der Waals surface area (Å²) >= 11 is 6.21. The number of rotatable bonds is 8. The highest BCUT2D eigenvalue weighted by Gasteiger charge is 2.25. The first kappa shape index (κ1) is 21.3. The number of hydrogen-bond acceptors (Lipinski definition) is 5. The molecule has 0 saturated carbocycles. The summed E-state index contributed by atoms with van der Waals surface area (Å²) in [6.07, 6.45) is 2.32. The smallest absolute Gasteiger partial charge is 0.255 e. The first-order valence-corrected chi connectivity index (χ1v) is 10.0. The van der Waals surface area contributed by atoms with Crippen molar-refractivity contribution in [2.24, 2.45) is 0 Å². The lowest BCUT2D eigenvalue weighted by Gasteiger charge is -2.28. The highest BCUT2D eigenvalue weighted by molar-refractivity contribution is 6.30. The van der Waals surface area contributed by atoms with Crippen LogP contribution in [0.3, 0.4) is 0 Å². The van der Waals surface area contributed by atoms with Gasteiger partial charge in [0.2, 0.25) is 0 Å². The lowest BCUT2D eigenvalue weighted by Crippen LogP contribution is -2.37. The van der Waals surface area contributed by atoms with Crippen LogP contribution in [0, 0.1) is 0 Å². The molecule has 1 saturated heterocycles. The Kier molecular flexibility index (Phi) is 7.23. The Morgan fingerprint density at radius 1 is 1.03 bits per heavy atom. The van der Waals surface area contributed by atoms with Crippen LogP contribution in [0.4, 0.5) is 0 Å². The zero-order chi connectivity index (χ0) is 20.8. The van der Waals surface area contributed by atoms with E-state index >= 15 is 0 Å². The molecular formula is C22H27ClN2O4. The first-order chi connectivity index (χ1) is 14.1. The predicted octanol–water partition coefficient (Wildman–Crippen LogP) is 3.93. The number of nitrogens with one attached hydrogen (secondary N) is 1. The zero-order valence-corrected chi connectivity index (χ0v) is 17.8. The van der Waals surface area contributed by atoms with Crippen molar-refractivity contribution in [2.75, 3.05) is 41.0 Å². The third kappa shape index (κ3) is 4.95. The summed E-state index contributed by atoms with van der Waals surface area (Å²) in [5.74, 6) is 1.19. The van der Waals surface area contributed by atoms with Crippen LogP contribution < -0.4 is 19.5 Å². The van der Waals surface area contributed by atoms with Crippen LogP contribution in [0.15, 0.2) is 36.4 Å². The first-order valence-electron chi connectivity index (χ1n) is 9.65. The van der Waals surface area contributed by atoms with E-state index in [1.54, 1.807) is 19.2 Å². The molecule has 1 aliphatic heterocycles. The molecular weight excluding hydrogens is 392 g/mol. The van der Waals surface area contributed by atoms with Crippen LogP contribution in [0.1, 0.15) is 34.8 Å². The second kappa shape index (κ2) is 9.85. The van der Waals surface area contributed by atoms with Gasteiger partial charge in [-0.1, -0.05) is 23.7 Å². The van der Waals surface area contributed by atoms with E-state index < -0.39 is 0 Å². The minimum Gasteiger partial charge on any atom is -0.496 e. The fourth-order valence-electron chi connectivity index (χ4n) is 3.72. The van der Waals surface area contributed by atoms with Crippen LogP contribution in [0.2, 0.25) is 5.02 Å². The van der Waals surface area contributed by atoms with Crippen LogP contribution in [-0.2, 0) is 0 Å². The Balaban J connectivity index is 1.81. The molecule has 3 rings (SSSR count). The molecule has 0 spiro atoms. The maximum atomic E-state index is 13.0. The molecule has 2 aromatic rings. The summed E-state index contributed by atoms with van der Waals surface area (Å²) in [7, 11) is 4.61. The molecule has 1 heterocycles. The normalized spacial score (nSPS) is 15.0. The number of carbonyl (C=O) groups excluding carboxylic acids is 1. The molecule has 29 heavy (non-hydrogen) atoms. The van der Waals surface area contributed by atoms with Crippen molar-refractivity contribution in [2.45, 2.75) is 18.9 Å². The van der Waals surface area contributed by atoms with Crippen molar-refractivity contribution >= 4 is 17.5 Å². The highest BCUT2D eigenvalue weighted by Crippen LogP contribution is 2.34. The topological polar surface area (TPSA) is 60.0 Å². The molecule has 0 bridgehead atoms. The summed E-state index contributed by atoms with van der Waals surface area (Å²) in [6, 6.07) is 11.2. The molecule has 1 N–H and O–H groups in total. The van der Waals surface area contributed by atoms with E-state index in [0.29, 0.717) is 34.4 Å². The number of carbonyl (C=O) groups is 1. The molecule has 1 aliphatic rings. The van der Waals surface area contributed by atoms with Crippen LogP contribution in [-0.4, -0.2) is 51.8 Å². The number of methoxy groups -OCH3 is 3. The van der Waals surface area contributed by atoms with Gasteiger partial charge in [0.1, 0.15) is 5.75 Å². The summed E-state index contributed by atoms with van der Waals surface area (Å²) in [5.41, 5.74) is 1.50. The van der Waals surface area contributed by atoms with E-state index in [1.807, 2.05) is 18.2 Å². The predicted molar refractivity (Wildman–Crippen MR) is 113 cm³/mol. The fourth-order valence-corrected chi connectivity index (χ4v) is 3.91. The van der Waals surface area contributed by atoms with Crippen LogP contribution in [0.25, 0.3) is 0 Å². The maximum absolute atomic E-state index is 13.0. The third-order valence-electron chi connectivity index (χ3n) is 5.22. The molecule has 156 valence electrons. The Labute approximate surface area is 176 Å². The van der Waals surface area contributed by atoms with Gasteiger partial charge in [0.15, 0.2) is 11.5 Å². The number of amides is 1. The van der Waals surface area contributed by atoms with Gasteiger partial charge in [-0.2, -0.15) is 0 Å². The summed E-state index contributed by atoms with van der Waals surface area (Å²) in [6.45, 7) is 2.48. The van der Waals surface area contributed by atoms with Gasteiger partial charge in [-0.15, -0.1) is 0 Å². The van der Waals surface area contributed by atoms with Crippen molar-refractivity contribution in [3.05, 3.63) is 52.5 Å². The standard InChI is InChI=1S/C22H27ClN2O4/c1-27-19-13-21(29-3)20(28-2)12-17(19)22(26)24-14-18(25-9-4-5-10-25)15-7-6-8-16(23)11-15/h6-8,11-13,18H,4-5,9-10,14H2,1-3H3,(H,24,26). The summed E-state index contributed by atoms with van der Waals surface area (Å²) in [4.78, 5) is 15.4. The lowest BCUT2D eigenvalue weighted by atomic mass is 10.0. The molecule has 0 radical (unpaired) electrons. The Morgan fingerprint density at radius 2 is 1.69 bits per heavy atom. The average molecular weight is 419 g/mol. The van der Waals surface area contributed by atoms with Crippen molar-refractivity contribution < 1.29 is 19.0 Å². The van der Waals surface area contributed by atoms with E-state index in [4.69, 9.17) is 25.8 Å². The lowest BCUT2D eigenvalue weighted by molar-refractivity contribution is 0.0934.